The minimum absolute atomic E-state index is 0.209. The molecule has 2 aromatic rings. The molecule has 0 saturated heterocycles. The van der Waals surface area contributed by atoms with Crippen molar-refractivity contribution in [3.05, 3.63) is 49.3 Å². The zero-order chi connectivity index (χ0) is 12.3. The number of aromatic nitrogens is 2. The van der Waals surface area contributed by atoms with E-state index in [0.29, 0.717) is 0 Å². The van der Waals surface area contributed by atoms with Crippen LogP contribution in [0.3, 0.4) is 0 Å². The topological polar surface area (TPSA) is 46.9 Å². The lowest BCUT2D eigenvalue weighted by atomic mass is 10.1. The van der Waals surface area contributed by atoms with Crippen molar-refractivity contribution >= 4 is 11.6 Å². The lowest BCUT2D eigenvalue weighted by Gasteiger charge is -2.03. The van der Waals surface area contributed by atoms with E-state index in [2.05, 4.69) is 17.0 Å². The number of nitrogens with one attached hydrogen (secondary N) is 1. The van der Waals surface area contributed by atoms with Gasteiger partial charge < -0.3 is 5.32 Å². The standard InChI is InChI=1S/C13H13N3O/c1-3-13(17)15-12-6-4-10(5-7-12)11-8-14-16(2)9-11/h3-9H,1H2,2H3,(H,15,17). The molecule has 0 aliphatic carbocycles. The molecule has 17 heavy (non-hydrogen) atoms. The van der Waals surface area contributed by atoms with Crippen LogP contribution in [0.2, 0.25) is 0 Å². The van der Waals surface area contributed by atoms with Crippen molar-refractivity contribution in [1.82, 2.24) is 9.78 Å². The predicted molar refractivity (Wildman–Crippen MR) is 67.5 cm³/mol. The van der Waals surface area contributed by atoms with Gasteiger partial charge in [-0.2, -0.15) is 5.10 Å². The maximum Gasteiger partial charge on any atom is 0.247 e. The summed E-state index contributed by atoms with van der Waals surface area (Å²) in [4.78, 5) is 11.1. The Labute approximate surface area is 99.6 Å². The molecular weight excluding hydrogens is 214 g/mol. The summed E-state index contributed by atoms with van der Waals surface area (Å²) >= 11 is 0. The summed E-state index contributed by atoms with van der Waals surface area (Å²) in [5.74, 6) is -0.209. The number of rotatable bonds is 3. The molecule has 4 heteroatoms. The Morgan fingerprint density at radius 1 is 1.35 bits per heavy atom. The van der Waals surface area contributed by atoms with E-state index in [0.717, 1.165) is 16.8 Å². The van der Waals surface area contributed by atoms with Crippen molar-refractivity contribution in [1.29, 1.82) is 0 Å². The van der Waals surface area contributed by atoms with Crippen LogP contribution in [0.25, 0.3) is 11.1 Å². The highest BCUT2D eigenvalue weighted by Crippen LogP contribution is 2.20. The van der Waals surface area contributed by atoms with Crippen LogP contribution >= 0.6 is 0 Å². The minimum atomic E-state index is -0.209. The monoisotopic (exact) mass is 227 g/mol. The molecular formula is C13H13N3O. The van der Waals surface area contributed by atoms with Crippen molar-refractivity contribution in [2.75, 3.05) is 5.32 Å². The van der Waals surface area contributed by atoms with Gasteiger partial charge in [0.1, 0.15) is 0 Å². The van der Waals surface area contributed by atoms with Crippen molar-refractivity contribution in [2.24, 2.45) is 7.05 Å². The van der Waals surface area contributed by atoms with Gasteiger partial charge in [-0.1, -0.05) is 18.7 Å². The molecule has 86 valence electrons. The van der Waals surface area contributed by atoms with Crippen LogP contribution in [0.5, 0.6) is 0 Å². The number of hydrogen-bond acceptors (Lipinski definition) is 2. The fraction of sp³-hybridized carbons (Fsp3) is 0.0769. The molecule has 2 rings (SSSR count). The minimum Gasteiger partial charge on any atom is -0.323 e. The molecule has 1 aromatic heterocycles. The van der Waals surface area contributed by atoms with Crippen molar-refractivity contribution < 1.29 is 4.79 Å². The third-order valence-corrected chi connectivity index (χ3v) is 2.38. The van der Waals surface area contributed by atoms with E-state index < -0.39 is 0 Å². The molecule has 0 bridgehead atoms. The number of carbonyl (C=O) groups excluding carboxylic acids is 1. The van der Waals surface area contributed by atoms with Gasteiger partial charge in [-0.25, -0.2) is 0 Å². The fourth-order valence-electron chi connectivity index (χ4n) is 1.51. The number of hydrogen-bond donors (Lipinski definition) is 1. The Hall–Kier alpha value is -2.36. The average molecular weight is 227 g/mol. The lowest BCUT2D eigenvalue weighted by molar-refractivity contribution is -0.111. The highest BCUT2D eigenvalue weighted by atomic mass is 16.1. The number of carbonyl (C=O) groups is 1. The quantitative estimate of drug-likeness (QED) is 0.817. The van der Waals surface area contributed by atoms with Gasteiger partial charge in [-0.3, -0.25) is 9.48 Å². The molecule has 0 fully saturated rings. The van der Waals surface area contributed by atoms with Crippen LogP contribution in [-0.2, 0) is 11.8 Å². The average Bonchev–Trinajstić information content (AvgIpc) is 2.77. The van der Waals surface area contributed by atoms with Gasteiger partial charge in [0.25, 0.3) is 0 Å². The Balaban J connectivity index is 2.18. The van der Waals surface area contributed by atoms with E-state index in [-0.39, 0.29) is 5.91 Å². The highest BCUT2D eigenvalue weighted by Gasteiger charge is 2.01. The van der Waals surface area contributed by atoms with Gasteiger partial charge in [0, 0.05) is 24.5 Å². The maximum atomic E-state index is 11.1. The molecule has 0 radical (unpaired) electrons. The molecule has 4 nitrogen and oxygen atoms in total. The van der Waals surface area contributed by atoms with Gasteiger partial charge in [0.15, 0.2) is 0 Å². The number of benzene rings is 1. The zero-order valence-corrected chi connectivity index (χ0v) is 9.55. The third kappa shape index (κ3) is 2.60. The van der Waals surface area contributed by atoms with E-state index in [1.165, 1.54) is 6.08 Å². The first kappa shape index (κ1) is 11.1. The van der Waals surface area contributed by atoms with Crippen LogP contribution < -0.4 is 5.32 Å². The second-order valence-corrected chi connectivity index (χ2v) is 3.67. The summed E-state index contributed by atoms with van der Waals surface area (Å²) in [5.41, 5.74) is 2.87. The summed E-state index contributed by atoms with van der Waals surface area (Å²) in [6.45, 7) is 3.40. The van der Waals surface area contributed by atoms with Crippen molar-refractivity contribution in [2.45, 2.75) is 0 Å². The van der Waals surface area contributed by atoms with E-state index >= 15 is 0 Å². The van der Waals surface area contributed by atoms with Crippen LogP contribution in [0.1, 0.15) is 0 Å². The molecule has 1 heterocycles. The first-order chi connectivity index (χ1) is 8.19. The van der Waals surface area contributed by atoms with Crippen molar-refractivity contribution in [3.63, 3.8) is 0 Å². The fourth-order valence-corrected chi connectivity index (χ4v) is 1.51. The van der Waals surface area contributed by atoms with Gasteiger partial charge >= 0.3 is 0 Å². The molecule has 0 aliphatic rings. The summed E-state index contributed by atoms with van der Waals surface area (Å²) in [7, 11) is 1.88. The van der Waals surface area contributed by atoms with E-state index in [4.69, 9.17) is 0 Å². The van der Waals surface area contributed by atoms with E-state index in [1.807, 2.05) is 37.5 Å². The Morgan fingerprint density at radius 3 is 2.59 bits per heavy atom. The lowest BCUT2D eigenvalue weighted by Crippen LogP contribution is -2.06. The smallest absolute Gasteiger partial charge is 0.247 e. The van der Waals surface area contributed by atoms with Crippen LogP contribution in [0, 0.1) is 0 Å². The normalized spacial score (nSPS) is 9.94. The molecule has 1 aromatic carbocycles. The third-order valence-electron chi connectivity index (χ3n) is 2.38. The SMILES string of the molecule is C=CC(=O)Nc1ccc(-c2cnn(C)c2)cc1. The molecule has 0 spiro atoms. The van der Waals surface area contributed by atoms with Crippen LogP contribution in [-0.4, -0.2) is 15.7 Å². The molecule has 0 aliphatic heterocycles. The molecule has 0 atom stereocenters. The summed E-state index contributed by atoms with van der Waals surface area (Å²) in [6, 6.07) is 7.58. The second-order valence-electron chi connectivity index (χ2n) is 3.67. The summed E-state index contributed by atoms with van der Waals surface area (Å²) in [6.07, 6.45) is 4.99. The van der Waals surface area contributed by atoms with E-state index in [9.17, 15) is 4.79 Å². The van der Waals surface area contributed by atoms with Gasteiger partial charge in [-0.05, 0) is 23.8 Å². The first-order valence-electron chi connectivity index (χ1n) is 5.21. The molecule has 1 amide bonds. The van der Waals surface area contributed by atoms with Crippen molar-refractivity contribution in [3.8, 4) is 11.1 Å². The predicted octanol–water partition coefficient (Wildman–Crippen LogP) is 2.21. The number of anilines is 1. The molecule has 1 N–H and O–H groups in total. The first-order valence-corrected chi connectivity index (χ1v) is 5.21. The van der Waals surface area contributed by atoms with Crippen LogP contribution in [0.4, 0.5) is 5.69 Å². The largest absolute Gasteiger partial charge is 0.323 e. The molecule has 0 saturated carbocycles. The Kier molecular flexibility index (Phi) is 3.05. The van der Waals surface area contributed by atoms with Gasteiger partial charge in [0.2, 0.25) is 5.91 Å². The summed E-state index contributed by atoms with van der Waals surface area (Å²) < 4.78 is 1.75. The highest BCUT2D eigenvalue weighted by molar-refractivity contribution is 5.98. The number of aryl methyl sites for hydroxylation is 1. The van der Waals surface area contributed by atoms with Gasteiger partial charge in [0.05, 0.1) is 6.20 Å². The summed E-state index contributed by atoms with van der Waals surface area (Å²) in [5, 5.41) is 6.81. The Bertz CT molecular complexity index is 540. The molecule has 0 unspecified atom stereocenters. The van der Waals surface area contributed by atoms with Crippen LogP contribution in [0.15, 0.2) is 49.3 Å². The Morgan fingerprint density at radius 2 is 2.06 bits per heavy atom. The number of nitrogens with zero attached hydrogens (tertiary/aromatic N) is 2. The van der Waals surface area contributed by atoms with E-state index in [1.54, 1.807) is 10.9 Å². The second kappa shape index (κ2) is 4.65. The maximum absolute atomic E-state index is 11.1. The number of amides is 1. The zero-order valence-electron chi connectivity index (χ0n) is 9.55. The van der Waals surface area contributed by atoms with Gasteiger partial charge in [-0.15, -0.1) is 0 Å².